The second kappa shape index (κ2) is 5.21. The molecule has 0 amide bonds. The number of aryl methyl sites for hydroxylation is 1. The molecule has 0 N–H and O–H groups in total. The molecule has 0 saturated carbocycles. The highest BCUT2D eigenvalue weighted by atomic mass is 79.9. The Morgan fingerprint density at radius 3 is 2.76 bits per heavy atom. The van der Waals surface area contributed by atoms with Crippen molar-refractivity contribution < 1.29 is 4.74 Å². The molecule has 6 heteroatoms. The third-order valence-corrected chi connectivity index (χ3v) is 2.97. The van der Waals surface area contributed by atoms with Gasteiger partial charge in [0, 0.05) is 16.2 Å². The van der Waals surface area contributed by atoms with E-state index in [1.165, 1.54) is 0 Å². The fourth-order valence-electron chi connectivity index (χ4n) is 1.17. The SMILES string of the molecule is Cc1cnc(Cl)nc1Oc1ccc(Br)cc1Cl. The van der Waals surface area contributed by atoms with Crippen molar-refractivity contribution in [1.82, 2.24) is 9.97 Å². The summed E-state index contributed by atoms with van der Waals surface area (Å²) in [5.41, 5.74) is 0.786. The Kier molecular flexibility index (Phi) is 3.86. The summed E-state index contributed by atoms with van der Waals surface area (Å²) in [4.78, 5) is 7.84. The van der Waals surface area contributed by atoms with Gasteiger partial charge >= 0.3 is 0 Å². The summed E-state index contributed by atoms with van der Waals surface area (Å²) in [5.74, 6) is 0.918. The molecule has 0 unspecified atom stereocenters. The fraction of sp³-hybridized carbons (Fsp3) is 0.0909. The molecule has 1 heterocycles. The van der Waals surface area contributed by atoms with E-state index >= 15 is 0 Å². The zero-order chi connectivity index (χ0) is 12.4. The van der Waals surface area contributed by atoms with Crippen molar-refractivity contribution in [3.63, 3.8) is 0 Å². The first-order valence-electron chi connectivity index (χ1n) is 4.68. The van der Waals surface area contributed by atoms with Gasteiger partial charge in [0.25, 0.3) is 0 Å². The average molecular weight is 334 g/mol. The van der Waals surface area contributed by atoms with E-state index < -0.39 is 0 Å². The first-order valence-corrected chi connectivity index (χ1v) is 6.23. The average Bonchev–Trinajstić information content (AvgIpc) is 2.27. The zero-order valence-corrected chi connectivity index (χ0v) is 11.8. The maximum Gasteiger partial charge on any atom is 0.226 e. The molecule has 3 nitrogen and oxygen atoms in total. The summed E-state index contributed by atoms with van der Waals surface area (Å²) >= 11 is 15.1. The minimum Gasteiger partial charge on any atom is -0.437 e. The van der Waals surface area contributed by atoms with Gasteiger partial charge in [-0.2, -0.15) is 4.98 Å². The van der Waals surface area contributed by atoms with E-state index in [0.29, 0.717) is 16.7 Å². The van der Waals surface area contributed by atoms with Gasteiger partial charge in [-0.3, -0.25) is 0 Å². The standard InChI is InChI=1S/C11H7BrCl2N2O/c1-6-5-15-11(14)16-10(6)17-9-3-2-7(12)4-8(9)13/h2-5H,1H3. The molecular weight excluding hydrogens is 327 g/mol. The molecule has 0 bridgehead atoms. The van der Waals surface area contributed by atoms with Crippen molar-refractivity contribution in [1.29, 1.82) is 0 Å². The van der Waals surface area contributed by atoms with Crippen LogP contribution in [0.5, 0.6) is 11.6 Å². The van der Waals surface area contributed by atoms with Crippen LogP contribution in [-0.4, -0.2) is 9.97 Å². The van der Waals surface area contributed by atoms with Gasteiger partial charge in [-0.1, -0.05) is 27.5 Å². The van der Waals surface area contributed by atoms with Crippen LogP contribution in [-0.2, 0) is 0 Å². The molecule has 0 aliphatic carbocycles. The molecule has 0 aliphatic rings. The van der Waals surface area contributed by atoms with Crippen LogP contribution in [0.1, 0.15) is 5.56 Å². The predicted octanol–water partition coefficient (Wildman–Crippen LogP) is 4.65. The lowest BCUT2D eigenvalue weighted by atomic mass is 10.3. The maximum atomic E-state index is 6.04. The number of nitrogens with zero attached hydrogens (tertiary/aromatic N) is 2. The first kappa shape index (κ1) is 12.6. The summed E-state index contributed by atoms with van der Waals surface area (Å²) in [6.07, 6.45) is 1.59. The minimum absolute atomic E-state index is 0.138. The summed E-state index contributed by atoms with van der Waals surface area (Å²) in [7, 11) is 0. The Bertz CT molecular complexity index is 563. The third-order valence-electron chi connectivity index (χ3n) is 2.00. The quantitative estimate of drug-likeness (QED) is 0.750. The molecule has 0 radical (unpaired) electrons. The van der Waals surface area contributed by atoms with Gasteiger partial charge in [0.05, 0.1) is 5.02 Å². The lowest BCUT2D eigenvalue weighted by Gasteiger charge is -2.08. The molecule has 1 aromatic carbocycles. The lowest BCUT2D eigenvalue weighted by Crippen LogP contribution is -1.94. The topological polar surface area (TPSA) is 35.0 Å². The van der Waals surface area contributed by atoms with Gasteiger partial charge in [0.1, 0.15) is 5.75 Å². The summed E-state index contributed by atoms with van der Waals surface area (Å²) in [5, 5.41) is 0.632. The van der Waals surface area contributed by atoms with Gasteiger partial charge in [-0.25, -0.2) is 4.98 Å². The lowest BCUT2D eigenvalue weighted by molar-refractivity contribution is 0.457. The molecule has 0 saturated heterocycles. The summed E-state index contributed by atoms with van der Waals surface area (Å²) in [6, 6.07) is 5.33. The minimum atomic E-state index is 0.138. The van der Waals surface area contributed by atoms with Gasteiger partial charge in [0.2, 0.25) is 11.2 Å². The van der Waals surface area contributed by atoms with E-state index in [9.17, 15) is 0 Å². The third kappa shape index (κ3) is 3.09. The predicted molar refractivity (Wildman–Crippen MR) is 71.0 cm³/mol. The largest absolute Gasteiger partial charge is 0.437 e. The first-order chi connectivity index (χ1) is 8.06. The molecule has 0 fully saturated rings. The van der Waals surface area contributed by atoms with Crippen LogP contribution in [0.15, 0.2) is 28.9 Å². The Morgan fingerprint density at radius 2 is 2.06 bits per heavy atom. The van der Waals surface area contributed by atoms with Gasteiger partial charge in [-0.15, -0.1) is 0 Å². The van der Waals surface area contributed by atoms with Crippen LogP contribution in [0.3, 0.4) is 0 Å². The molecule has 1 aromatic heterocycles. The fourth-order valence-corrected chi connectivity index (χ4v) is 2.01. The number of rotatable bonds is 2. The van der Waals surface area contributed by atoms with Crippen LogP contribution in [0.2, 0.25) is 10.3 Å². The van der Waals surface area contributed by atoms with E-state index in [-0.39, 0.29) is 5.28 Å². The van der Waals surface area contributed by atoms with E-state index in [1.54, 1.807) is 18.3 Å². The zero-order valence-electron chi connectivity index (χ0n) is 8.75. The Labute approximate surface area is 117 Å². The van der Waals surface area contributed by atoms with Gasteiger partial charge in [0.15, 0.2) is 0 Å². The Morgan fingerprint density at radius 1 is 1.29 bits per heavy atom. The normalized spacial score (nSPS) is 10.4. The summed E-state index contributed by atoms with van der Waals surface area (Å²) < 4.78 is 6.47. The molecule has 2 rings (SSSR count). The maximum absolute atomic E-state index is 6.04. The second-order valence-corrected chi connectivity index (χ2v) is 4.96. The van der Waals surface area contributed by atoms with Gasteiger partial charge < -0.3 is 4.74 Å². The highest BCUT2D eigenvalue weighted by Gasteiger charge is 2.08. The van der Waals surface area contributed by atoms with Crippen molar-refractivity contribution in [3.05, 3.63) is 44.7 Å². The highest BCUT2D eigenvalue weighted by Crippen LogP contribution is 2.32. The number of hydrogen-bond donors (Lipinski definition) is 0. The Balaban J connectivity index is 2.34. The number of hydrogen-bond acceptors (Lipinski definition) is 3. The van der Waals surface area contributed by atoms with Crippen LogP contribution in [0.25, 0.3) is 0 Å². The molecule has 0 aliphatic heterocycles. The van der Waals surface area contributed by atoms with Crippen molar-refractivity contribution >= 4 is 39.1 Å². The van der Waals surface area contributed by atoms with Crippen molar-refractivity contribution in [3.8, 4) is 11.6 Å². The molecule has 17 heavy (non-hydrogen) atoms. The number of ether oxygens (including phenoxy) is 1. The van der Waals surface area contributed by atoms with E-state index in [4.69, 9.17) is 27.9 Å². The molecule has 88 valence electrons. The second-order valence-electron chi connectivity index (χ2n) is 3.30. The Hall–Kier alpha value is -0.840. The van der Waals surface area contributed by atoms with Gasteiger partial charge in [-0.05, 0) is 36.7 Å². The molecular formula is C11H7BrCl2N2O. The number of aromatic nitrogens is 2. The molecule has 0 atom stereocenters. The van der Waals surface area contributed by atoms with Crippen molar-refractivity contribution in [2.24, 2.45) is 0 Å². The molecule has 0 spiro atoms. The molecule has 2 aromatic rings. The van der Waals surface area contributed by atoms with Crippen molar-refractivity contribution in [2.75, 3.05) is 0 Å². The monoisotopic (exact) mass is 332 g/mol. The number of benzene rings is 1. The van der Waals surface area contributed by atoms with E-state index in [2.05, 4.69) is 25.9 Å². The van der Waals surface area contributed by atoms with Crippen LogP contribution < -0.4 is 4.74 Å². The highest BCUT2D eigenvalue weighted by molar-refractivity contribution is 9.10. The van der Waals surface area contributed by atoms with Crippen LogP contribution in [0.4, 0.5) is 0 Å². The van der Waals surface area contributed by atoms with Crippen LogP contribution in [0, 0.1) is 6.92 Å². The van der Waals surface area contributed by atoms with Crippen LogP contribution >= 0.6 is 39.1 Å². The number of halogens is 3. The van der Waals surface area contributed by atoms with E-state index in [0.717, 1.165) is 10.0 Å². The van der Waals surface area contributed by atoms with E-state index in [1.807, 2.05) is 13.0 Å². The summed E-state index contributed by atoms with van der Waals surface area (Å²) in [6.45, 7) is 1.83. The van der Waals surface area contributed by atoms with Crippen molar-refractivity contribution in [2.45, 2.75) is 6.92 Å². The smallest absolute Gasteiger partial charge is 0.226 e.